The van der Waals surface area contributed by atoms with Crippen molar-refractivity contribution >= 4 is 15.5 Å². The van der Waals surface area contributed by atoms with E-state index in [1.165, 1.54) is 6.20 Å². The van der Waals surface area contributed by atoms with Crippen LogP contribution in [0.25, 0.3) is 11.4 Å². The van der Waals surface area contributed by atoms with E-state index in [1.54, 1.807) is 6.07 Å². The zero-order chi connectivity index (χ0) is 15.7. The highest BCUT2D eigenvalue weighted by Gasteiger charge is 2.27. The van der Waals surface area contributed by atoms with E-state index < -0.39 is 9.84 Å². The number of aromatic amines is 1. The second-order valence-electron chi connectivity index (χ2n) is 5.25. The monoisotopic (exact) mass is 324 g/mol. The third kappa shape index (κ3) is 2.79. The molecule has 0 unspecified atom stereocenters. The van der Waals surface area contributed by atoms with Gasteiger partial charge in [0.2, 0.25) is 0 Å². The summed E-state index contributed by atoms with van der Waals surface area (Å²) in [4.78, 5) is 6.01. The van der Waals surface area contributed by atoms with Crippen molar-refractivity contribution in [1.82, 2.24) is 25.6 Å². The highest BCUT2D eigenvalue weighted by atomic mass is 32.2. The molecule has 0 radical (unpaired) electrons. The van der Waals surface area contributed by atoms with Gasteiger partial charge < -0.3 is 10.0 Å². The number of nitrogens with zero attached hydrogens (tertiary/aromatic N) is 5. The number of tetrazole rings is 1. The number of aliphatic hydroxyl groups excluding tert-OH is 1. The van der Waals surface area contributed by atoms with Gasteiger partial charge in [-0.15, -0.1) is 5.10 Å². The van der Waals surface area contributed by atoms with Gasteiger partial charge in [-0.3, -0.25) is 0 Å². The van der Waals surface area contributed by atoms with E-state index in [4.69, 9.17) is 0 Å². The molecule has 1 aliphatic rings. The number of aliphatic hydroxyl groups is 1. The van der Waals surface area contributed by atoms with Gasteiger partial charge in [0.15, 0.2) is 20.7 Å². The fourth-order valence-corrected chi connectivity index (χ4v) is 3.40. The summed E-state index contributed by atoms with van der Waals surface area (Å²) in [5.41, 5.74) is 1.06. The van der Waals surface area contributed by atoms with Crippen LogP contribution in [-0.4, -0.2) is 64.6 Å². The number of nitrogens with one attached hydrogen (secondary N) is 1. The smallest absolute Gasteiger partial charge is 0.193 e. The van der Waals surface area contributed by atoms with Crippen LogP contribution in [0.15, 0.2) is 17.3 Å². The van der Waals surface area contributed by atoms with Gasteiger partial charge in [-0.2, -0.15) is 0 Å². The Morgan fingerprint density at radius 3 is 2.68 bits per heavy atom. The largest absolute Gasteiger partial charge is 0.393 e. The summed E-state index contributed by atoms with van der Waals surface area (Å²) in [5, 5.41) is 23.0. The van der Waals surface area contributed by atoms with Gasteiger partial charge in [-0.05, 0) is 29.3 Å². The third-order valence-corrected chi connectivity index (χ3v) is 4.64. The van der Waals surface area contributed by atoms with Crippen molar-refractivity contribution in [3.05, 3.63) is 12.3 Å². The molecule has 0 amide bonds. The van der Waals surface area contributed by atoms with E-state index in [1.807, 2.05) is 4.90 Å². The minimum absolute atomic E-state index is 0.0605. The summed E-state index contributed by atoms with van der Waals surface area (Å²) in [7, 11) is -3.53. The van der Waals surface area contributed by atoms with E-state index in [0.717, 1.165) is 6.26 Å². The van der Waals surface area contributed by atoms with Crippen LogP contribution >= 0.6 is 0 Å². The highest BCUT2D eigenvalue weighted by Crippen LogP contribution is 2.34. The van der Waals surface area contributed by atoms with Crippen LogP contribution in [-0.2, 0) is 9.84 Å². The Labute approximate surface area is 127 Å². The van der Waals surface area contributed by atoms with Gasteiger partial charge in [0, 0.05) is 25.5 Å². The lowest BCUT2D eigenvalue weighted by molar-refractivity contribution is 0.145. The van der Waals surface area contributed by atoms with Gasteiger partial charge in [0.1, 0.15) is 0 Å². The minimum atomic E-state index is -3.53. The van der Waals surface area contributed by atoms with Crippen molar-refractivity contribution in [3.8, 4) is 11.4 Å². The number of hydrogen-bond donors (Lipinski definition) is 2. The Balaban J connectivity index is 2.14. The molecule has 0 aliphatic carbocycles. The lowest BCUT2D eigenvalue weighted by atomic mass is 10.1. The van der Waals surface area contributed by atoms with Crippen LogP contribution in [0.2, 0.25) is 0 Å². The number of sulfone groups is 1. The average Bonchev–Trinajstić information content (AvgIpc) is 3.00. The molecule has 118 valence electrons. The molecule has 10 heteroatoms. The molecular weight excluding hydrogens is 308 g/mol. The molecule has 1 aliphatic heterocycles. The van der Waals surface area contributed by atoms with Gasteiger partial charge >= 0.3 is 0 Å². The number of H-pyrrole nitrogens is 1. The van der Waals surface area contributed by atoms with Crippen molar-refractivity contribution in [2.75, 3.05) is 24.2 Å². The van der Waals surface area contributed by atoms with Gasteiger partial charge in [0.05, 0.1) is 17.4 Å². The molecule has 2 aromatic heterocycles. The fourth-order valence-electron chi connectivity index (χ4n) is 2.57. The number of aromatic nitrogens is 5. The number of piperidine rings is 1. The molecule has 0 aromatic carbocycles. The van der Waals surface area contributed by atoms with Crippen LogP contribution in [0.1, 0.15) is 12.8 Å². The topological polar surface area (TPSA) is 125 Å². The molecule has 0 bridgehead atoms. The Hall–Kier alpha value is -2.07. The summed E-state index contributed by atoms with van der Waals surface area (Å²) in [6.07, 6.45) is 3.51. The first kappa shape index (κ1) is 14.9. The average molecular weight is 324 g/mol. The third-order valence-electron chi connectivity index (χ3n) is 3.63. The standard InChI is InChI=1S/C12H16N6O3S/c1-22(20,21)12-10(11-14-16-17-15-11)9(2-5-13-12)18-6-3-8(19)4-7-18/h2,5,8,19H,3-4,6-7H2,1H3,(H,14,15,16,17). The highest BCUT2D eigenvalue weighted by molar-refractivity contribution is 7.90. The van der Waals surface area contributed by atoms with Crippen LogP contribution in [0, 0.1) is 0 Å². The van der Waals surface area contributed by atoms with E-state index in [9.17, 15) is 13.5 Å². The van der Waals surface area contributed by atoms with E-state index in [2.05, 4.69) is 25.6 Å². The first-order chi connectivity index (χ1) is 10.5. The summed E-state index contributed by atoms with van der Waals surface area (Å²) in [6.45, 7) is 1.26. The first-order valence-corrected chi connectivity index (χ1v) is 8.72. The molecule has 1 fully saturated rings. The Morgan fingerprint density at radius 2 is 2.09 bits per heavy atom. The maximum absolute atomic E-state index is 12.0. The van der Waals surface area contributed by atoms with E-state index in [-0.39, 0.29) is 17.0 Å². The Kier molecular flexibility index (Phi) is 3.79. The number of pyridine rings is 1. The molecule has 0 atom stereocenters. The quantitative estimate of drug-likeness (QED) is 0.783. The molecule has 2 aromatic rings. The van der Waals surface area contributed by atoms with Crippen LogP contribution < -0.4 is 4.90 Å². The van der Waals surface area contributed by atoms with Crippen LogP contribution in [0.4, 0.5) is 5.69 Å². The molecular formula is C12H16N6O3S. The Morgan fingerprint density at radius 1 is 1.36 bits per heavy atom. The minimum Gasteiger partial charge on any atom is -0.393 e. The molecule has 2 N–H and O–H groups in total. The summed E-state index contributed by atoms with van der Waals surface area (Å²) >= 11 is 0. The van der Waals surface area contributed by atoms with Gasteiger partial charge in [-0.25, -0.2) is 18.5 Å². The SMILES string of the molecule is CS(=O)(=O)c1nccc(N2CCC(O)CC2)c1-c1nnn[nH]1. The molecule has 1 saturated heterocycles. The predicted molar refractivity (Wildman–Crippen MR) is 78.0 cm³/mol. The number of anilines is 1. The fraction of sp³-hybridized carbons (Fsp3) is 0.500. The van der Waals surface area contributed by atoms with Gasteiger partial charge in [0.25, 0.3) is 0 Å². The maximum Gasteiger partial charge on any atom is 0.193 e. The maximum atomic E-state index is 12.0. The Bertz CT molecular complexity index is 753. The van der Waals surface area contributed by atoms with Crippen LogP contribution in [0.5, 0.6) is 0 Å². The number of hydrogen-bond acceptors (Lipinski definition) is 8. The van der Waals surface area contributed by atoms with E-state index >= 15 is 0 Å². The second kappa shape index (κ2) is 5.61. The molecule has 3 rings (SSSR count). The summed E-state index contributed by atoms with van der Waals surface area (Å²) in [5.74, 6) is 0.259. The zero-order valence-electron chi connectivity index (χ0n) is 12.0. The van der Waals surface area contributed by atoms with Crippen molar-refractivity contribution in [2.24, 2.45) is 0 Å². The second-order valence-corrected chi connectivity index (χ2v) is 7.18. The summed E-state index contributed by atoms with van der Waals surface area (Å²) in [6, 6.07) is 1.74. The van der Waals surface area contributed by atoms with Crippen molar-refractivity contribution < 1.29 is 13.5 Å². The van der Waals surface area contributed by atoms with Gasteiger partial charge in [-0.1, -0.05) is 0 Å². The van der Waals surface area contributed by atoms with Crippen molar-refractivity contribution in [1.29, 1.82) is 0 Å². The van der Waals surface area contributed by atoms with Crippen molar-refractivity contribution in [2.45, 2.75) is 24.0 Å². The molecule has 22 heavy (non-hydrogen) atoms. The molecule has 0 spiro atoms. The lowest BCUT2D eigenvalue weighted by Gasteiger charge is -2.32. The molecule has 3 heterocycles. The predicted octanol–water partition coefficient (Wildman–Crippen LogP) is -0.374. The molecule has 0 saturated carbocycles. The molecule has 9 nitrogen and oxygen atoms in total. The first-order valence-electron chi connectivity index (χ1n) is 6.83. The normalized spacial score (nSPS) is 16.9. The van der Waals surface area contributed by atoms with Crippen molar-refractivity contribution in [3.63, 3.8) is 0 Å². The number of rotatable bonds is 3. The summed E-state index contributed by atoms with van der Waals surface area (Å²) < 4.78 is 24.1. The van der Waals surface area contributed by atoms with E-state index in [0.29, 0.717) is 37.2 Å². The van der Waals surface area contributed by atoms with Crippen LogP contribution in [0.3, 0.4) is 0 Å². The lowest BCUT2D eigenvalue weighted by Crippen LogP contribution is -2.36. The zero-order valence-corrected chi connectivity index (χ0v) is 12.8.